The molecule has 1 heterocycles. The zero-order valence-corrected chi connectivity index (χ0v) is 16.1. The first-order chi connectivity index (χ1) is 13.5. The van der Waals surface area contributed by atoms with E-state index in [1.54, 1.807) is 0 Å². The fraction of sp³-hybridized carbons (Fsp3) is 0.571. The third kappa shape index (κ3) is 5.24. The van der Waals surface area contributed by atoms with Crippen molar-refractivity contribution >= 4 is 17.9 Å². The van der Waals surface area contributed by atoms with Gasteiger partial charge in [-0.15, -0.1) is 0 Å². The average molecular weight is 387 g/mol. The summed E-state index contributed by atoms with van der Waals surface area (Å²) in [5, 5.41) is 2.42. The number of nitrogens with two attached hydrogens (primary N) is 1. The molecule has 0 bridgehead atoms. The Morgan fingerprint density at radius 1 is 1.11 bits per heavy atom. The van der Waals surface area contributed by atoms with Crippen LogP contribution in [0.15, 0.2) is 30.3 Å². The minimum atomic E-state index is -0.920. The molecule has 1 aliphatic carbocycles. The van der Waals surface area contributed by atoms with E-state index in [4.69, 9.17) is 10.5 Å². The maximum Gasteiger partial charge on any atom is 0.329 e. The number of hydrogen-bond donors (Lipinski definition) is 2. The average Bonchev–Trinajstić information content (AvgIpc) is 2.71. The molecule has 3 atom stereocenters. The highest BCUT2D eigenvalue weighted by Crippen LogP contribution is 2.35. The van der Waals surface area contributed by atoms with E-state index in [1.807, 2.05) is 35.2 Å². The van der Waals surface area contributed by atoms with Gasteiger partial charge in [-0.2, -0.15) is 0 Å². The molecule has 2 aliphatic rings. The summed E-state index contributed by atoms with van der Waals surface area (Å²) in [5.74, 6) is -0.222. The normalized spacial score (nSPS) is 22.6. The Hall–Kier alpha value is -2.57. The number of hydrogen-bond acceptors (Lipinski definition) is 4. The molecule has 3 amide bonds. The van der Waals surface area contributed by atoms with E-state index >= 15 is 0 Å². The molecule has 3 rings (SSSR count). The molecule has 152 valence electrons. The summed E-state index contributed by atoms with van der Waals surface area (Å²) in [6.45, 7) is 0.429. The van der Waals surface area contributed by atoms with Crippen LogP contribution in [0, 0.1) is 5.92 Å². The summed E-state index contributed by atoms with van der Waals surface area (Å²) in [7, 11) is 0. The Balaban J connectivity index is 1.56. The van der Waals surface area contributed by atoms with Crippen molar-refractivity contribution < 1.29 is 19.1 Å². The molecule has 1 saturated heterocycles. The number of esters is 1. The van der Waals surface area contributed by atoms with Gasteiger partial charge in [0.1, 0.15) is 6.04 Å². The molecule has 3 N–H and O–H groups in total. The van der Waals surface area contributed by atoms with Crippen LogP contribution in [-0.2, 0) is 20.7 Å². The predicted octanol–water partition coefficient (Wildman–Crippen LogP) is 1.99. The van der Waals surface area contributed by atoms with E-state index in [1.165, 1.54) is 19.3 Å². The third-order valence-corrected chi connectivity index (χ3v) is 5.79. The number of carbonyl (C=O) groups excluding carboxylic acids is 3. The molecule has 28 heavy (non-hydrogen) atoms. The minimum Gasteiger partial charge on any atom is -0.454 e. The standard InChI is InChI=1S/C21H29N3O4/c22-21(27)23-17(13-15-7-2-1-3-8-15)20(26)28-14-19(25)24-12-6-10-16-9-4-5-11-18(16)24/h1-3,7-8,16-18H,4-6,9-14H2,(H3,22,23,27)/t16-,17+,18+/m1/s1. The SMILES string of the molecule is NC(=O)N[C@@H](Cc1ccccc1)C(=O)OCC(=O)N1CCC[C@H]2CCCC[C@@H]21. The number of benzene rings is 1. The quantitative estimate of drug-likeness (QED) is 0.729. The number of likely N-dealkylation sites (tertiary alicyclic amines) is 1. The van der Waals surface area contributed by atoms with Crippen LogP contribution in [0.2, 0.25) is 0 Å². The van der Waals surface area contributed by atoms with E-state index in [9.17, 15) is 14.4 Å². The molecule has 0 spiro atoms. The van der Waals surface area contributed by atoms with Gasteiger partial charge in [-0.3, -0.25) is 4.79 Å². The summed E-state index contributed by atoms with van der Waals surface area (Å²) >= 11 is 0. The Kier molecular flexibility index (Phi) is 6.90. The molecule has 0 unspecified atom stereocenters. The van der Waals surface area contributed by atoms with Gasteiger partial charge in [0.15, 0.2) is 6.61 Å². The van der Waals surface area contributed by atoms with Crippen molar-refractivity contribution in [3.8, 4) is 0 Å². The van der Waals surface area contributed by atoms with E-state index in [-0.39, 0.29) is 25.0 Å². The molecular formula is C21H29N3O4. The summed E-state index contributed by atoms with van der Waals surface area (Å²) in [5.41, 5.74) is 6.06. The largest absolute Gasteiger partial charge is 0.454 e. The maximum atomic E-state index is 12.7. The van der Waals surface area contributed by atoms with Gasteiger partial charge in [-0.05, 0) is 37.2 Å². The molecule has 1 aliphatic heterocycles. The van der Waals surface area contributed by atoms with Gasteiger partial charge in [0.25, 0.3) is 5.91 Å². The summed E-state index contributed by atoms with van der Waals surface area (Å²) < 4.78 is 5.27. The van der Waals surface area contributed by atoms with Crippen molar-refractivity contribution in [3.63, 3.8) is 0 Å². The second-order valence-electron chi connectivity index (χ2n) is 7.70. The van der Waals surface area contributed by atoms with Crippen LogP contribution in [0.3, 0.4) is 0 Å². The van der Waals surface area contributed by atoms with Crippen LogP contribution in [-0.4, -0.2) is 48.0 Å². The van der Waals surface area contributed by atoms with Crippen LogP contribution in [0.5, 0.6) is 0 Å². The molecular weight excluding hydrogens is 358 g/mol. The van der Waals surface area contributed by atoms with Crippen molar-refractivity contribution in [2.45, 2.75) is 57.0 Å². The fourth-order valence-corrected chi connectivity index (χ4v) is 4.47. The van der Waals surface area contributed by atoms with Gasteiger partial charge in [0, 0.05) is 19.0 Å². The minimum absolute atomic E-state index is 0.150. The van der Waals surface area contributed by atoms with Crippen molar-refractivity contribution in [2.24, 2.45) is 11.7 Å². The van der Waals surface area contributed by atoms with Crippen LogP contribution >= 0.6 is 0 Å². The van der Waals surface area contributed by atoms with E-state index in [0.717, 1.165) is 31.4 Å². The van der Waals surface area contributed by atoms with Gasteiger partial charge < -0.3 is 20.7 Å². The van der Waals surface area contributed by atoms with E-state index in [0.29, 0.717) is 5.92 Å². The van der Waals surface area contributed by atoms with E-state index < -0.39 is 18.0 Å². The second-order valence-corrected chi connectivity index (χ2v) is 7.70. The summed E-state index contributed by atoms with van der Waals surface area (Å²) in [4.78, 5) is 38.4. The lowest BCUT2D eigenvalue weighted by Crippen LogP contribution is -2.51. The summed E-state index contributed by atoms with van der Waals surface area (Å²) in [6.07, 6.45) is 7.02. The second kappa shape index (κ2) is 9.57. The number of nitrogens with one attached hydrogen (secondary N) is 1. The van der Waals surface area contributed by atoms with Crippen LogP contribution in [0.1, 0.15) is 44.1 Å². The van der Waals surface area contributed by atoms with Crippen molar-refractivity contribution in [1.82, 2.24) is 10.2 Å². The summed E-state index contributed by atoms with van der Waals surface area (Å²) in [6, 6.07) is 7.83. The molecule has 7 heteroatoms. The first-order valence-electron chi connectivity index (χ1n) is 10.1. The molecule has 2 fully saturated rings. The topological polar surface area (TPSA) is 102 Å². The van der Waals surface area contributed by atoms with Gasteiger partial charge in [0.05, 0.1) is 0 Å². The number of nitrogens with zero attached hydrogens (tertiary/aromatic N) is 1. The molecule has 1 aromatic rings. The first-order valence-corrected chi connectivity index (χ1v) is 10.1. The zero-order chi connectivity index (χ0) is 19.9. The first kappa shape index (κ1) is 20.2. The molecule has 7 nitrogen and oxygen atoms in total. The number of carbonyl (C=O) groups is 3. The van der Waals surface area contributed by atoms with Gasteiger partial charge in [0.2, 0.25) is 0 Å². The molecule has 1 saturated carbocycles. The number of amides is 3. The number of ether oxygens (including phenoxy) is 1. The number of piperidine rings is 1. The lowest BCUT2D eigenvalue weighted by molar-refractivity contribution is -0.156. The van der Waals surface area contributed by atoms with Crippen LogP contribution in [0.4, 0.5) is 4.79 Å². The Morgan fingerprint density at radius 3 is 2.57 bits per heavy atom. The zero-order valence-electron chi connectivity index (χ0n) is 16.1. The van der Waals surface area contributed by atoms with Crippen molar-refractivity contribution in [1.29, 1.82) is 0 Å². The predicted molar refractivity (Wildman–Crippen MR) is 104 cm³/mol. The van der Waals surface area contributed by atoms with Gasteiger partial charge in [-0.25, -0.2) is 9.59 Å². The lowest BCUT2D eigenvalue weighted by Gasteiger charge is -2.44. The number of primary amides is 1. The maximum absolute atomic E-state index is 12.7. The van der Waals surface area contributed by atoms with Crippen LogP contribution in [0.25, 0.3) is 0 Å². The number of fused-ring (bicyclic) bond motifs is 1. The highest BCUT2D eigenvalue weighted by molar-refractivity contribution is 5.85. The Labute approximate surface area is 165 Å². The Bertz CT molecular complexity index is 692. The Morgan fingerprint density at radius 2 is 1.82 bits per heavy atom. The van der Waals surface area contributed by atoms with Crippen molar-refractivity contribution in [3.05, 3.63) is 35.9 Å². The van der Waals surface area contributed by atoms with Crippen LogP contribution < -0.4 is 11.1 Å². The highest BCUT2D eigenvalue weighted by Gasteiger charge is 2.36. The fourth-order valence-electron chi connectivity index (χ4n) is 4.47. The monoisotopic (exact) mass is 387 g/mol. The smallest absolute Gasteiger partial charge is 0.329 e. The number of urea groups is 1. The lowest BCUT2D eigenvalue weighted by atomic mass is 9.78. The molecule has 0 radical (unpaired) electrons. The van der Waals surface area contributed by atoms with Gasteiger partial charge in [-0.1, -0.05) is 43.2 Å². The number of rotatable bonds is 6. The van der Waals surface area contributed by atoms with E-state index in [2.05, 4.69) is 5.32 Å². The van der Waals surface area contributed by atoms with Gasteiger partial charge >= 0.3 is 12.0 Å². The third-order valence-electron chi connectivity index (χ3n) is 5.79. The highest BCUT2D eigenvalue weighted by atomic mass is 16.5. The van der Waals surface area contributed by atoms with Crippen molar-refractivity contribution in [2.75, 3.05) is 13.2 Å². The molecule has 1 aromatic carbocycles. The molecule has 0 aromatic heterocycles.